The van der Waals surface area contributed by atoms with Crippen LogP contribution in [0.3, 0.4) is 0 Å². The van der Waals surface area contributed by atoms with Gasteiger partial charge in [0.15, 0.2) is 0 Å². The van der Waals surface area contributed by atoms with E-state index in [0.717, 1.165) is 17.6 Å². The summed E-state index contributed by atoms with van der Waals surface area (Å²) in [5, 5.41) is 8.71. The van der Waals surface area contributed by atoms with Gasteiger partial charge in [0.1, 0.15) is 11.6 Å². The van der Waals surface area contributed by atoms with Gasteiger partial charge in [-0.1, -0.05) is 19.8 Å². The minimum atomic E-state index is 0.00607. The molecule has 1 aromatic rings. The largest absolute Gasteiger partial charge is 0.308 e. The molecule has 18 heavy (non-hydrogen) atoms. The van der Waals surface area contributed by atoms with Gasteiger partial charge >= 0.3 is 0 Å². The molecule has 1 fully saturated rings. The molecular weight excluding hydrogens is 246 g/mol. The number of aromatic nitrogens is 3. The van der Waals surface area contributed by atoms with Crippen LogP contribution in [0.5, 0.6) is 0 Å². The van der Waals surface area contributed by atoms with Crippen LogP contribution in [0.2, 0.25) is 0 Å². The van der Waals surface area contributed by atoms with Crippen LogP contribution < -0.4 is 0 Å². The first-order valence-electron chi connectivity index (χ1n) is 6.94. The predicted octanol–water partition coefficient (Wildman–Crippen LogP) is 4.07. The van der Waals surface area contributed by atoms with Crippen molar-refractivity contribution in [3.8, 4) is 0 Å². The van der Waals surface area contributed by atoms with Crippen LogP contribution >= 0.6 is 11.6 Å². The fourth-order valence-electron chi connectivity index (χ4n) is 2.93. The van der Waals surface area contributed by atoms with Crippen LogP contribution in [0, 0.1) is 5.92 Å². The minimum absolute atomic E-state index is 0.00607. The Balaban J connectivity index is 2.30. The predicted molar refractivity (Wildman–Crippen MR) is 74.9 cm³/mol. The number of hydrogen-bond acceptors (Lipinski definition) is 2. The third-order valence-electron chi connectivity index (χ3n) is 3.93. The van der Waals surface area contributed by atoms with Crippen molar-refractivity contribution in [1.82, 2.24) is 14.8 Å². The Morgan fingerprint density at radius 2 is 1.78 bits per heavy atom. The van der Waals surface area contributed by atoms with Gasteiger partial charge in [0.25, 0.3) is 0 Å². The molecule has 1 heterocycles. The van der Waals surface area contributed by atoms with Gasteiger partial charge in [0.05, 0.1) is 5.88 Å². The van der Waals surface area contributed by atoms with Crippen LogP contribution in [0.1, 0.15) is 70.9 Å². The highest BCUT2D eigenvalue weighted by Gasteiger charge is 2.29. The topological polar surface area (TPSA) is 30.7 Å². The van der Waals surface area contributed by atoms with Gasteiger partial charge in [0, 0.05) is 11.5 Å². The zero-order valence-corrected chi connectivity index (χ0v) is 12.7. The van der Waals surface area contributed by atoms with E-state index < -0.39 is 0 Å². The monoisotopic (exact) mass is 269 g/mol. The van der Waals surface area contributed by atoms with E-state index in [1.54, 1.807) is 0 Å². The molecular formula is C14H24ClN3. The molecule has 0 amide bonds. The Kier molecular flexibility index (Phi) is 4.00. The van der Waals surface area contributed by atoms with Crippen molar-refractivity contribution in [1.29, 1.82) is 0 Å². The molecule has 0 aliphatic heterocycles. The van der Waals surface area contributed by atoms with Gasteiger partial charge in [-0.05, 0) is 39.5 Å². The molecule has 0 spiro atoms. The molecule has 0 atom stereocenters. The molecule has 0 bridgehead atoms. The van der Waals surface area contributed by atoms with E-state index >= 15 is 0 Å². The summed E-state index contributed by atoms with van der Waals surface area (Å²) in [5.74, 6) is 3.90. The number of alkyl halides is 1. The third-order valence-corrected chi connectivity index (χ3v) is 4.17. The van der Waals surface area contributed by atoms with E-state index in [4.69, 9.17) is 11.6 Å². The normalized spacial score (nSPS) is 25.4. The van der Waals surface area contributed by atoms with Crippen molar-refractivity contribution in [3.05, 3.63) is 11.6 Å². The van der Waals surface area contributed by atoms with Crippen molar-refractivity contribution in [2.45, 2.75) is 70.7 Å². The lowest BCUT2D eigenvalue weighted by Crippen LogP contribution is -2.28. The highest BCUT2D eigenvalue weighted by atomic mass is 35.5. The summed E-state index contributed by atoms with van der Waals surface area (Å²) in [7, 11) is 0. The molecule has 0 radical (unpaired) electrons. The van der Waals surface area contributed by atoms with Crippen LogP contribution in [0.25, 0.3) is 0 Å². The molecule has 3 nitrogen and oxygen atoms in total. The highest BCUT2D eigenvalue weighted by Crippen LogP contribution is 2.36. The summed E-state index contributed by atoms with van der Waals surface area (Å²) in [6.45, 7) is 8.93. The average molecular weight is 270 g/mol. The molecule has 0 aromatic carbocycles. The molecule has 1 aliphatic carbocycles. The lowest BCUT2D eigenvalue weighted by molar-refractivity contribution is 0.306. The standard InChI is InChI=1S/C14H24ClN3/c1-10-5-7-11(8-6-10)13-17-16-12(9-15)18(13)14(2,3)4/h10-11H,5-9H2,1-4H3. The fourth-order valence-corrected chi connectivity index (χ4v) is 3.10. The molecule has 4 heteroatoms. The quantitative estimate of drug-likeness (QED) is 0.758. The van der Waals surface area contributed by atoms with Crippen molar-refractivity contribution in [2.24, 2.45) is 5.92 Å². The first kappa shape index (κ1) is 13.9. The van der Waals surface area contributed by atoms with E-state index in [2.05, 4.69) is 42.5 Å². The maximum absolute atomic E-state index is 5.99. The van der Waals surface area contributed by atoms with E-state index in [-0.39, 0.29) is 5.54 Å². The summed E-state index contributed by atoms with van der Waals surface area (Å²) in [6.07, 6.45) is 5.07. The molecule has 0 unspecified atom stereocenters. The Labute approximate surface area is 115 Å². The summed E-state index contributed by atoms with van der Waals surface area (Å²) < 4.78 is 2.25. The first-order valence-corrected chi connectivity index (χ1v) is 7.47. The Morgan fingerprint density at radius 1 is 1.17 bits per heavy atom. The molecule has 2 rings (SSSR count). The van der Waals surface area contributed by atoms with Crippen LogP contribution in [0.15, 0.2) is 0 Å². The number of halogens is 1. The summed E-state index contributed by atoms with van der Waals surface area (Å²) in [5.41, 5.74) is 0.00607. The van der Waals surface area contributed by atoms with Crippen molar-refractivity contribution in [2.75, 3.05) is 0 Å². The lowest BCUT2D eigenvalue weighted by Gasteiger charge is -2.30. The molecule has 102 valence electrons. The number of hydrogen-bond donors (Lipinski definition) is 0. The summed E-state index contributed by atoms with van der Waals surface area (Å²) in [6, 6.07) is 0. The summed E-state index contributed by atoms with van der Waals surface area (Å²) in [4.78, 5) is 0. The Hall–Kier alpha value is -0.570. The smallest absolute Gasteiger partial charge is 0.148 e. The van der Waals surface area contributed by atoms with Gasteiger partial charge in [-0.25, -0.2) is 0 Å². The van der Waals surface area contributed by atoms with Gasteiger partial charge in [-0.15, -0.1) is 21.8 Å². The third kappa shape index (κ3) is 2.71. The second kappa shape index (κ2) is 5.20. The fraction of sp³-hybridized carbons (Fsp3) is 0.857. The van der Waals surface area contributed by atoms with Gasteiger partial charge in [-0.2, -0.15) is 0 Å². The molecule has 0 N–H and O–H groups in total. The van der Waals surface area contributed by atoms with E-state index in [1.165, 1.54) is 25.7 Å². The van der Waals surface area contributed by atoms with Crippen LogP contribution in [0.4, 0.5) is 0 Å². The Bertz CT molecular complexity index is 398. The number of nitrogens with zero attached hydrogens (tertiary/aromatic N) is 3. The van der Waals surface area contributed by atoms with Gasteiger partial charge < -0.3 is 4.57 Å². The molecule has 0 saturated heterocycles. The first-order chi connectivity index (χ1) is 8.43. The zero-order chi connectivity index (χ0) is 13.3. The molecule has 1 aliphatic rings. The average Bonchev–Trinajstić information content (AvgIpc) is 2.73. The van der Waals surface area contributed by atoms with Crippen molar-refractivity contribution >= 4 is 11.6 Å². The second-order valence-corrected chi connectivity index (χ2v) is 6.84. The maximum atomic E-state index is 5.99. The highest BCUT2D eigenvalue weighted by molar-refractivity contribution is 6.16. The van der Waals surface area contributed by atoms with Crippen LogP contribution in [-0.2, 0) is 11.4 Å². The second-order valence-electron chi connectivity index (χ2n) is 6.57. The van der Waals surface area contributed by atoms with E-state index in [1.807, 2.05) is 0 Å². The lowest BCUT2D eigenvalue weighted by atomic mass is 9.82. The van der Waals surface area contributed by atoms with Crippen molar-refractivity contribution in [3.63, 3.8) is 0 Å². The SMILES string of the molecule is CC1CCC(c2nnc(CCl)n2C(C)(C)C)CC1. The van der Waals surface area contributed by atoms with Crippen LogP contribution in [-0.4, -0.2) is 14.8 Å². The van der Waals surface area contributed by atoms with Gasteiger partial charge in [-0.3, -0.25) is 0 Å². The van der Waals surface area contributed by atoms with E-state index in [0.29, 0.717) is 11.8 Å². The van der Waals surface area contributed by atoms with E-state index in [9.17, 15) is 0 Å². The minimum Gasteiger partial charge on any atom is -0.308 e. The Morgan fingerprint density at radius 3 is 2.28 bits per heavy atom. The number of rotatable bonds is 2. The van der Waals surface area contributed by atoms with Crippen molar-refractivity contribution < 1.29 is 0 Å². The van der Waals surface area contributed by atoms with Gasteiger partial charge in [0.2, 0.25) is 0 Å². The zero-order valence-electron chi connectivity index (χ0n) is 11.9. The molecule has 1 saturated carbocycles. The maximum Gasteiger partial charge on any atom is 0.148 e. The molecule has 1 aromatic heterocycles. The summed E-state index contributed by atoms with van der Waals surface area (Å²) >= 11 is 5.99.